The Hall–Kier alpha value is -1.10. The third-order valence-electron chi connectivity index (χ3n) is 3.23. The maximum Gasteiger partial charge on any atom is 0.236 e. The van der Waals surface area contributed by atoms with Gasteiger partial charge in [-0.25, -0.2) is 0 Å². The molecule has 1 saturated heterocycles. The minimum absolute atomic E-state index is 0.0624. The van der Waals surface area contributed by atoms with E-state index in [2.05, 4.69) is 12.2 Å². The van der Waals surface area contributed by atoms with E-state index in [-0.39, 0.29) is 18.4 Å². The second-order valence-corrected chi connectivity index (χ2v) is 4.91. The summed E-state index contributed by atoms with van der Waals surface area (Å²) in [4.78, 5) is 26.7. The van der Waals surface area contributed by atoms with Crippen LogP contribution in [0.4, 0.5) is 0 Å². The van der Waals surface area contributed by atoms with E-state index < -0.39 is 0 Å². The average Bonchev–Trinajstić information content (AvgIpc) is 2.29. The molecule has 1 aliphatic rings. The van der Waals surface area contributed by atoms with Crippen molar-refractivity contribution in [3.63, 3.8) is 0 Å². The summed E-state index contributed by atoms with van der Waals surface area (Å²) in [6, 6.07) is 0. The molecule has 1 N–H and O–H groups in total. The molecule has 2 amide bonds. The summed E-state index contributed by atoms with van der Waals surface area (Å²) < 4.78 is 0. The molecule has 0 radical (unpaired) electrons. The van der Waals surface area contributed by atoms with Crippen LogP contribution in [-0.4, -0.2) is 61.9 Å². The zero-order valence-electron chi connectivity index (χ0n) is 11.0. The minimum Gasteiger partial charge on any atom is -0.358 e. The Morgan fingerprint density at radius 3 is 2.41 bits per heavy atom. The fourth-order valence-electron chi connectivity index (χ4n) is 1.97. The SMILES string of the molecule is CNC(=O)CN(C)CC(=O)N1CCC(C)CC1. The van der Waals surface area contributed by atoms with Crippen LogP contribution in [0.25, 0.3) is 0 Å². The van der Waals surface area contributed by atoms with Gasteiger partial charge in [0.15, 0.2) is 0 Å². The van der Waals surface area contributed by atoms with E-state index in [1.807, 2.05) is 4.90 Å². The van der Waals surface area contributed by atoms with Crippen LogP contribution in [0.1, 0.15) is 19.8 Å². The zero-order chi connectivity index (χ0) is 12.8. The molecule has 0 atom stereocenters. The van der Waals surface area contributed by atoms with Crippen LogP contribution in [0, 0.1) is 5.92 Å². The Morgan fingerprint density at radius 2 is 1.88 bits per heavy atom. The van der Waals surface area contributed by atoms with Crippen molar-refractivity contribution in [3.8, 4) is 0 Å². The van der Waals surface area contributed by atoms with Crippen molar-refractivity contribution in [3.05, 3.63) is 0 Å². The maximum atomic E-state index is 11.9. The topological polar surface area (TPSA) is 52.7 Å². The Kier molecular flexibility index (Phi) is 5.41. The van der Waals surface area contributed by atoms with E-state index in [0.29, 0.717) is 6.54 Å². The summed E-state index contributed by atoms with van der Waals surface area (Å²) in [5.74, 6) is 0.790. The van der Waals surface area contributed by atoms with Crippen LogP contribution in [0.5, 0.6) is 0 Å². The molecule has 0 aromatic rings. The summed E-state index contributed by atoms with van der Waals surface area (Å²) in [5.41, 5.74) is 0. The predicted octanol–water partition coefficient (Wildman–Crippen LogP) is -0.0773. The fraction of sp³-hybridized carbons (Fsp3) is 0.833. The van der Waals surface area contributed by atoms with E-state index in [1.54, 1.807) is 19.0 Å². The van der Waals surface area contributed by atoms with Gasteiger partial charge >= 0.3 is 0 Å². The van der Waals surface area contributed by atoms with Gasteiger partial charge in [0.05, 0.1) is 13.1 Å². The summed E-state index contributed by atoms with van der Waals surface area (Å²) in [7, 11) is 3.39. The van der Waals surface area contributed by atoms with E-state index in [1.165, 1.54) is 0 Å². The van der Waals surface area contributed by atoms with Crippen LogP contribution in [0.15, 0.2) is 0 Å². The number of likely N-dealkylation sites (N-methyl/N-ethyl adjacent to an activating group) is 2. The molecule has 0 saturated carbocycles. The van der Waals surface area contributed by atoms with E-state index in [0.717, 1.165) is 31.8 Å². The molecule has 0 aromatic carbocycles. The van der Waals surface area contributed by atoms with Crippen molar-refractivity contribution in [2.24, 2.45) is 5.92 Å². The van der Waals surface area contributed by atoms with Gasteiger partial charge in [-0.05, 0) is 25.8 Å². The van der Waals surface area contributed by atoms with Crippen LogP contribution in [-0.2, 0) is 9.59 Å². The Labute approximate surface area is 103 Å². The molecule has 1 rings (SSSR count). The van der Waals surface area contributed by atoms with Crippen LogP contribution in [0.2, 0.25) is 0 Å². The van der Waals surface area contributed by atoms with Gasteiger partial charge in [0, 0.05) is 20.1 Å². The highest BCUT2D eigenvalue weighted by molar-refractivity contribution is 5.81. The first-order chi connectivity index (χ1) is 8.02. The predicted molar refractivity (Wildman–Crippen MR) is 66.5 cm³/mol. The molecule has 5 heteroatoms. The number of carbonyl (C=O) groups is 2. The lowest BCUT2D eigenvalue weighted by atomic mass is 9.99. The number of nitrogens with zero attached hydrogens (tertiary/aromatic N) is 2. The molecular formula is C12H23N3O2. The molecule has 0 aliphatic carbocycles. The van der Waals surface area contributed by atoms with Crippen LogP contribution in [0.3, 0.4) is 0 Å². The summed E-state index contributed by atoms with van der Waals surface area (Å²) in [6.07, 6.45) is 2.18. The normalized spacial score (nSPS) is 17.3. The number of nitrogens with one attached hydrogen (secondary N) is 1. The molecule has 1 heterocycles. The van der Waals surface area contributed by atoms with Crippen molar-refractivity contribution in [2.75, 3.05) is 40.3 Å². The zero-order valence-corrected chi connectivity index (χ0v) is 11.0. The third kappa shape index (κ3) is 4.73. The first-order valence-corrected chi connectivity index (χ1v) is 6.19. The highest BCUT2D eigenvalue weighted by atomic mass is 16.2. The monoisotopic (exact) mass is 241 g/mol. The second kappa shape index (κ2) is 6.59. The van der Waals surface area contributed by atoms with Crippen molar-refractivity contribution < 1.29 is 9.59 Å². The van der Waals surface area contributed by atoms with Crippen LogP contribution < -0.4 is 5.32 Å². The number of likely N-dealkylation sites (tertiary alicyclic amines) is 1. The van der Waals surface area contributed by atoms with E-state index >= 15 is 0 Å². The smallest absolute Gasteiger partial charge is 0.236 e. The van der Waals surface area contributed by atoms with Gasteiger partial charge in [0.2, 0.25) is 11.8 Å². The summed E-state index contributed by atoms with van der Waals surface area (Å²) >= 11 is 0. The summed E-state index contributed by atoms with van der Waals surface area (Å²) in [6.45, 7) is 4.52. The van der Waals surface area contributed by atoms with Gasteiger partial charge in [-0.15, -0.1) is 0 Å². The van der Waals surface area contributed by atoms with Crippen LogP contribution >= 0.6 is 0 Å². The van der Waals surface area contributed by atoms with Gasteiger partial charge < -0.3 is 10.2 Å². The van der Waals surface area contributed by atoms with Gasteiger partial charge in [-0.3, -0.25) is 14.5 Å². The van der Waals surface area contributed by atoms with Crippen molar-refractivity contribution in [1.29, 1.82) is 0 Å². The first-order valence-electron chi connectivity index (χ1n) is 6.19. The number of piperidine rings is 1. The standard InChI is InChI=1S/C12H23N3O2/c1-10-4-6-15(7-5-10)12(17)9-14(3)8-11(16)13-2/h10H,4-9H2,1-3H3,(H,13,16). The molecule has 17 heavy (non-hydrogen) atoms. The molecule has 0 aromatic heterocycles. The highest BCUT2D eigenvalue weighted by Gasteiger charge is 2.21. The van der Waals surface area contributed by atoms with Crippen molar-refractivity contribution in [2.45, 2.75) is 19.8 Å². The summed E-state index contributed by atoms with van der Waals surface area (Å²) in [5, 5.41) is 2.55. The Balaban J connectivity index is 2.31. The quantitative estimate of drug-likeness (QED) is 0.749. The van der Waals surface area contributed by atoms with E-state index in [9.17, 15) is 9.59 Å². The molecule has 0 bridgehead atoms. The molecule has 1 fully saturated rings. The minimum atomic E-state index is -0.0624. The van der Waals surface area contributed by atoms with Gasteiger partial charge in [-0.1, -0.05) is 6.92 Å². The first kappa shape index (κ1) is 14.0. The van der Waals surface area contributed by atoms with Crippen molar-refractivity contribution >= 4 is 11.8 Å². The largest absolute Gasteiger partial charge is 0.358 e. The lowest BCUT2D eigenvalue weighted by molar-refractivity contribution is -0.133. The van der Waals surface area contributed by atoms with E-state index in [4.69, 9.17) is 0 Å². The average molecular weight is 241 g/mol. The van der Waals surface area contributed by atoms with Gasteiger partial charge in [-0.2, -0.15) is 0 Å². The molecule has 1 aliphatic heterocycles. The van der Waals surface area contributed by atoms with Gasteiger partial charge in [0.1, 0.15) is 0 Å². The lowest BCUT2D eigenvalue weighted by Gasteiger charge is -2.31. The van der Waals surface area contributed by atoms with Crippen molar-refractivity contribution in [1.82, 2.24) is 15.1 Å². The lowest BCUT2D eigenvalue weighted by Crippen LogP contribution is -2.44. The Bertz CT molecular complexity index is 273. The molecule has 5 nitrogen and oxygen atoms in total. The fourth-order valence-corrected chi connectivity index (χ4v) is 1.97. The number of hydrogen-bond acceptors (Lipinski definition) is 3. The number of hydrogen-bond donors (Lipinski definition) is 1. The number of amides is 2. The highest BCUT2D eigenvalue weighted by Crippen LogP contribution is 2.15. The third-order valence-corrected chi connectivity index (χ3v) is 3.23. The number of carbonyl (C=O) groups excluding carboxylic acids is 2. The molecular weight excluding hydrogens is 218 g/mol. The molecule has 98 valence electrons. The molecule has 0 unspecified atom stereocenters. The van der Waals surface area contributed by atoms with Gasteiger partial charge in [0.25, 0.3) is 0 Å². The molecule has 0 spiro atoms. The maximum absolute atomic E-state index is 11.9. The Morgan fingerprint density at radius 1 is 1.29 bits per heavy atom. The number of rotatable bonds is 4. The second-order valence-electron chi connectivity index (χ2n) is 4.91.